The van der Waals surface area contributed by atoms with Crippen molar-refractivity contribution in [2.45, 2.75) is 37.5 Å². The molecule has 0 spiro atoms. The van der Waals surface area contributed by atoms with Crippen LogP contribution >= 0.6 is 0 Å². The third-order valence-electron chi connectivity index (χ3n) is 8.38. The fraction of sp³-hybridized carbons (Fsp3) is 0.265. The first-order valence-corrected chi connectivity index (χ1v) is 14.6. The Morgan fingerprint density at radius 1 is 0.818 bits per heavy atom. The zero-order valence-corrected chi connectivity index (χ0v) is 23.8. The molecule has 2 unspecified atom stereocenters. The lowest BCUT2D eigenvalue weighted by molar-refractivity contribution is -0.137. The number of benzene rings is 4. The lowest BCUT2D eigenvalue weighted by Gasteiger charge is -2.41. The van der Waals surface area contributed by atoms with Crippen LogP contribution in [0.3, 0.4) is 0 Å². The summed E-state index contributed by atoms with van der Waals surface area (Å²) in [5, 5.41) is 7.65. The average Bonchev–Trinajstić information content (AvgIpc) is 3.04. The number of anilines is 1. The minimum absolute atomic E-state index is 0.0774. The maximum absolute atomic E-state index is 13.9. The van der Waals surface area contributed by atoms with Gasteiger partial charge in [-0.15, -0.1) is 0 Å². The number of alkyl halides is 3. The van der Waals surface area contributed by atoms with E-state index in [0.29, 0.717) is 5.56 Å². The second-order valence-corrected chi connectivity index (χ2v) is 11.2. The van der Waals surface area contributed by atoms with Gasteiger partial charge in [-0.2, -0.15) is 13.2 Å². The van der Waals surface area contributed by atoms with E-state index in [4.69, 9.17) is 0 Å². The molecule has 7 nitrogen and oxygen atoms in total. The van der Waals surface area contributed by atoms with Crippen LogP contribution in [0.15, 0.2) is 91.0 Å². The van der Waals surface area contributed by atoms with Crippen molar-refractivity contribution in [3.63, 3.8) is 0 Å². The molecular formula is C34H31F3N4O3. The Bertz CT molecular complexity index is 1710. The van der Waals surface area contributed by atoms with Crippen molar-refractivity contribution >= 4 is 34.3 Å². The highest BCUT2D eigenvalue weighted by Gasteiger charge is 2.39. The number of aryl methyl sites for hydroxylation is 1. The summed E-state index contributed by atoms with van der Waals surface area (Å²) < 4.78 is 38.9. The number of halogens is 3. The summed E-state index contributed by atoms with van der Waals surface area (Å²) in [4.78, 5) is 43.9. The van der Waals surface area contributed by atoms with Gasteiger partial charge in [-0.25, -0.2) is 4.79 Å². The van der Waals surface area contributed by atoms with Gasteiger partial charge in [0.15, 0.2) is 0 Å². The molecule has 0 radical (unpaired) electrons. The van der Waals surface area contributed by atoms with Gasteiger partial charge >= 0.3 is 12.2 Å². The third-order valence-corrected chi connectivity index (χ3v) is 8.38. The number of carbonyl (C=O) groups is 3. The van der Waals surface area contributed by atoms with Gasteiger partial charge in [0.05, 0.1) is 18.2 Å². The van der Waals surface area contributed by atoms with E-state index in [1.54, 1.807) is 12.1 Å². The van der Waals surface area contributed by atoms with Crippen molar-refractivity contribution in [2.75, 3.05) is 25.0 Å². The molecule has 226 valence electrons. The van der Waals surface area contributed by atoms with Gasteiger partial charge in [-0.3, -0.25) is 9.59 Å². The van der Waals surface area contributed by atoms with Crippen molar-refractivity contribution in [1.29, 1.82) is 0 Å². The van der Waals surface area contributed by atoms with Gasteiger partial charge in [0.1, 0.15) is 6.04 Å². The summed E-state index contributed by atoms with van der Waals surface area (Å²) in [6, 6.07) is 23.5. The molecule has 4 amide bonds. The van der Waals surface area contributed by atoms with Gasteiger partial charge < -0.3 is 20.4 Å². The van der Waals surface area contributed by atoms with Crippen molar-refractivity contribution in [3.05, 3.63) is 113 Å². The molecule has 10 heteroatoms. The maximum atomic E-state index is 13.9. The van der Waals surface area contributed by atoms with Crippen LogP contribution in [0, 0.1) is 0 Å². The highest BCUT2D eigenvalue weighted by molar-refractivity contribution is 6.01. The van der Waals surface area contributed by atoms with Gasteiger partial charge in [0, 0.05) is 24.3 Å². The molecule has 6 rings (SSSR count). The number of nitrogens with one attached hydrogen (secondary N) is 2. The second-order valence-electron chi connectivity index (χ2n) is 11.2. The number of amides is 4. The van der Waals surface area contributed by atoms with E-state index < -0.39 is 23.8 Å². The Labute approximate surface area is 252 Å². The van der Waals surface area contributed by atoms with Crippen molar-refractivity contribution in [2.24, 2.45) is 0 Å². The fourth-order valence-electron chi connectivity index (χ4n) is 6.04. The number of urea groups is 1. The van der Waals surface area contributed by atoms with E-state index in [0.717, 1.165) is 47.7 Å². The predicted molar refractivity (Wildman–Crippen MR) is 161 cm³/mol. The normalized spacial score (nSPS) is 18.4. The summed E-state index contributed by atoms with van der Waals surface area (Å²) in [5.41, 5.74) is 2.03. The molecule has 2 N–H and O–H groups in total. The van der Waals surface area contributed by atoms with E-state index >= 15 is 0 Å². The molecule has 1 saturated heterocycles. The molecular weight excluding hydrogens is 569 g/mol. The van der Waals surface area contributed by atoms with Crippen molar-refractivity contribution in [3.8, 4) is 0 Å². The molecule has 4 aromatic carbocycles. The molecule has 1 fully saturated rings. The van der Waals surface area contributed by atoms with Crippen LogP contribution in [0.5, 0.6) is 0 Å². The lowest BCUT2D eigenvalue weighted by Crippen LogP contribution is -2.62. The number of hydrogen-bond acceptors (Lipinski definition) is 3. The zero-order valence-electron chi connectivity index (χ0n) is 23.8. The Balaban J connectivity index is 1.24. The van der Waals surface area contributed by atoms with E-state index in [1.807, 2.05) is 48.5 Å². The molecule has 0 saturated carbocycles. The smallest absolute Gasteiger partial charge is 0.347 e. The van der Waals surface area contributed by atoms with E-state index in [2.05, 4.69) is 16.7 Å². The number of piperazine rings is 1. The molecule has 1 aliphatic heterocycles. The zero-order chi connectivity index (χ0) is 30.8. The number of rotatable bonds is 4. The first-order valence-electron chi connectivity index (χ1n) is 14.6. The van der Waals surface area contributed by atoms with Crippen molar-refractivity contribution in [1.82, 2.24) is 15.1 Å². The van der Waals surface area contributed by atoms with Gasteiger partial charge in [-0.05, 0) is 77.6 Å². The fourth-order valence-corrected chi connectivity index (χ4v) is 6.04. The molecule has 0 aromatic heterocycles. The maximum Gasteiger partial charge on any atom is 0.416 e. The Morgan fingerprint density at radius 2 is 1.55 bits per heavy atom. The molecule has 44 heavy (non-hydrogen) atoms. The molecule has 0 bridgehead atoms. The first kappa shape index (κ1) is 29.2. The van der Waals surface area contributed by atoms with E-state index in [1.165, 1.54) is 27.5 Å². The SMILES string of the molecule is O=C(NC1CCCc2ccccc21)C1CN(C(=O)Nc2ccc(C(F)(F)F)cc2)CCN1C(=O)c1ccc2ccccc2c1. The van der Waals surface area contributed by atoms with Gasteiger partial charge in [0.25, 0.3) is 5.91 Å². The number of nitrogens with zero attached hydrogens (tertiary/aromatic N) is 2. The Hall–Kier alpha value is -4.86. The summed E-state index contributed by atoms with van der Waals surface area (Å²) in [5.74, 6) is -0.685. The minimum Gasteiger partial charge on any atom is -0.347 e. The highest BCUT2D eigenvalue weighted by Crippen LogP contribution is 2.31. The van der Waals surface area contributed by atoms with E-state index in [-0.39, 0.29) is 43.2 Å². The van der Waals surface area contributed by atoms with Crippen LogP contribution in [-0.4, -0.2) is 53.3 Å². The second kappa shape index (κ2) is 12.0. The monoisotopic (exact) mass is 600 g/mol. The van der Waals surface area contributed by atoms with Gasteiger partial charge in [-0.1, -0.05) is 54.6 Å². The number of fused-ring (bicyclic) bond motifs is 2. The van der Waals surface area contributed by atoms with Crippen molar-refractivity contribution < 1.29 is 27.6 Å². The largest absolute Gasteiger partial charge is 0.416 e. The Morgan fingerprint density at radius 3 is 2.32 bits per heavy atom. The Kier molecular flexibility index (Phi) is 7.99. The van der Waals surface area contributed by atoms with Crippen LogP contribution in [-0.2, 0) is 17.4 Å². The first-order chi connectivity index (χ1) is 21.2. The van der Waals surface area contributed by atoms with E-state index in [9.17, 15) is 27.6 Å². The van der Waals surface area contributed by atoms with Crippen LogP contribution in [0.2, 0.25) is 0 Å². The predicted octanol–water partition coefficient (Wildman–Crippen LogP) is 6.41. The van der Waals surface area contributed by atoms with Crippen LogP contribution in [0.25, 0.3) is 10.8 Å². The summed E-state index contributed by atoms with van der Waals surface area (Å²) in [6.07, 6.45) is -1.90. The number of carbonyl (C=O) groups excluding carboxylic acids is 3. The third kappa shape index (κ3) is 6.10. The number of hydrogen-bond donors (Lipinski definition) is 2. The molecule has 1 aliphatic carbocycles. The van der Waals surface area contributed by atoms with Crippen LogP contribution < -0.4 is 10.6 Å². The topological polar surface area (TPSA) is 81.8 Å². The quantitative estimate of drug-likeness (QED) is 0.284. The summed E-state index contributed by atoms with van der Waals surface area (Å²) in [7, 11) is 0. The summed E-state index contributed by atoms with van der Waals surface area (Å²) in [6.45, 7) is 0.166. The molecule has 2 atom stereocenters. The molecule has 1 heterocycles. The minimum atomic E-state index is -4.49. The van der Waals surface area contributed by atoms with Crippen LogP contribution in [0.1, 0.15) is 45.9 Å². The molecule has 2 aliphatic rings. The average molecular weight is 601 g/mol. The summed E-state index contributed by atoms with van der Waals surface area (Å²) >= 11 is 0. The lowest BCUT2D eigenvalue weighted by atomic mass is 9.87. The molecule has 4 aromatic rings. The van der Waals surface area contributed by atoms with Crippen LogP contribution in [0.4, 0.5) is 23.7 Å². The van der Waals surface area contributed by atoms with Gasteiger partial charge in [0.2, 0.25) is 5.91 Å². The highest BCUT2D eigenvalue weighted by atomic mass is 19.4. The standard InChI is InChI=1S/C34H31F3N4O3/c35-34(36,37)26-14-16-27(17-15-26)38-33(44)40-18-19-41(32(43)25-13-12-22-6-1-2-8-24(22)20-25)30(21-40)31(42)39-29-11-5-9-23-7-3-4-10-28(23)29/h1-4,6-8,10,12-17,20,29-30H,5,9,11,18-19,21H2,(H,38,44)(H,39,42).